The maximum absolute atomic E-state index is 12.1. The van der Waals surface area contributed by atoms with Crippen LogP contribution in [0.25, 0.3) is 11.2 Å². The molecule has 5 atom stereocenters. The van der Waals surface area contributed by atoms with Crippen LogP contribution in [0.1, 0.15) is 6.23 Å². The molecule has 23 heavy (non-hydrogen) atoms. The monoisotopic (exact) mass is 346 g/mol. The van der Waals surface area contributed by atoms with Crippen molar-refractivity contribution in [1.82, 2.24) is 19.5 Å². The summed E-state index contributed by atoms with van der Waals surface area (Å²) < 4.78 is 21.9. The van der Waals surface area contributed by atoms with Gasteiger partial charge < -0.3 is 25.7 Å². The Kier molecular flexibility index (Phi) is 4.10. The smallest absolute Gasteiger partial charge is 0.394 e. The first kappa shape index (κ1) is 15.9. The molecule has 124 valence electrons. The number of anilines is 1. The van der Waals surface area contributed by atoms with Crippen molar-refractivity contribution in [3.63, 3.8) is 0 Å². The predicted molar refractivity (Wildman–Crippen MR) is 74.3 cm³/mol. The first-order valence-corrected chi connectivity index (χ1v) is 7.55. The van der Waals surface area contributed by atoms with Crippen LogP contribution in [0.3, 0.4) is 0 Å². The minimum Gasteiger partial charge on any atom is -0.394 e. The zero-order chi connectivity index (χ0) is 16.7. The molecule has 0 radical (unpaired) electrons. The number of ether oxygens (including phenoxy) is 1. The molecule has 2 unspecified atom stereocenters. The number of aliphatic hydroxyl groups excluding tert-OH is 2. The van der Waals surface area contributed by atoms with Gasteiger partial charge >= 0.3 is 13.9 Å². The standard InChI is InChI=1S/C10H12N5O7P/c11-7-4-8(13-2-12-7)15(10(18)14-4)9-5(17)6(22-23(19)20)3(1-16)21-9/h2-3,5-6,9,16-17H,1H2,(H3-,11,12,13,14,18,19,20)/p+1/t3-,5?,6+,9-/m1/s1. The van der Waals surface area contributed by atoms with E-state index in [1.54, 1.807) is 0 Å². The van der Waals surface area contributed by atoms with Gasteiger partial charge in [0.2, 0.25) is 0 Å². The van der Waals surface area contributed by atoms with E-state index in [-0.39, 0.29) is 17.0 Å². The summed E-state index contributed by atoms with van der Waals surface area (Å²) in [6, 6.07) is 0. The molecule has 2 aromatic rings. The van der Waals surface area contributed by atoms with Crippen molar-refractivity contribution < 1.29 is 28.9 Å². The summed E-state index contributed by atoms with van der Waals surface area (Å²) in [6.45, 7) is -0.588. The fraction of sp³-hybridized carbons (Fsp3) is 0.500. The molecule has 6 N–H and O–H groups in total. The van der Waals surface area contributed by atoms with Crippen LogP contribution in [0.4, 0.5) is 5.82 Å². The molecule has 0 aliphatic carbocycles. The number of H-pyrrole nitrogens is 1. The highest BCUT2D eigenvalue weighted by Gasteiger charge is 2.50. The van der Waals surface area contributed by atoms with Crippen molar-refractivity contribution in [3.8, 4) is 0 Å². The number of aliphatic hydroxyl groups is 2. The maximum atomic E-state index is 12.1. The lowest BCUT2D eigenvalue weighted by molar-refractivity contribution is -0.0518. The van der Waals surface area contributed by atoms with E-state index in [0.717, 1.165) is 10.9 Å². The Balaban J connectivity index is 2.06. The van der Waals surface area contributed by atoms with Crippen molar-refractivity contribution in [3.05, 3.63) is 16.8 Å². The second-order valence-corrected chi connectivity index (χ2v) is 5.49. The molecule has 1 fully saturated rings. The number of nitrogens with zero attached hydrogens (tertiary/aromatic N) is 3. The van der Waals surface area contributed by atoms with Gasteiger partial charge in [-0.2, -0.15) is 0 Å². The summed E-state index contributed by atoms with van der Waals surface area (Å²) in [7, 11) is -3.04. The van der Waals surface area contributed by atoms with Crippen LogP contribution < -0.4 is 11.4 Å². The Morgan fingerprint density at radius 3 is 2.91 bits per heavy atom. The van der Waals surface area contributed by atoms with E-state index in [4.69, 9.17) is 15.4 Å². The summed E-state index contributed by atoms with van der Waals surface area (Å²) >= 11 is 0. The zero-order valence-electron chi connectivity index (χ0n) is 11.4. The highest BCUT2D eigenvalue weighted by atomic mass is 31.1. The van der Waals surface area contributed by atoms with Gasteiger partial charge in [-0.25, -0.2) is 19.3 Å². The second-order valence-electron chi connectivity index (χ2n) is 4.80. The summed E-state index contributed by atoms with van der Waals surface area (Å²) in [5, 5.41) is 19.6. The molecule has 1 aliphatic rings. The second kappa shape index (κ2) is 5.92. The van der Waals surface area contributed by atoms with Crippen molar-refractivity contribution in [1.29, 1.82) is 0 Å². The van der Waals surface area contributed by atoms with Crippen LogP contribution in [0, 0.1) is 0 Å². The molecule has 1 aliphatic heterocycles. The number of nitrogens with one attached hydrogen (secondary N) is 1. The van der Waals surface area contributed by atoms with Crippen molar-refractivity contribution in [2.75, 3.05) is 12.3 Å². The topological polar surface area (TPSA) is 186 Å². The molecule has 13 heteroatoms. The van der Waals surface area contributed by atoms with Crippen LogP contribution in [-0.2, 0) is 13.8 Å². The van der Waals surface area contributed by atoms with Gasteiger partial charge in [0.05, 0.1) is 6.61 Å². The van der Waals surface area contributed by atoms with E-state index >= 15 is 0 Å². The largest absolute Gasteiger partial charge is 0.695 e. The third-order valence-corrected chi connectivity index (χ3v) is 3.92. The Bertz CT molecular complexity index is 806. The summed E-state index contributed by atoms with van der Waals surface area (Å²) in [5.74, 6) is 0.0308. The van der Waals surface area contributed by atoms with Gasteiger partial charge in [0, 0.05) is 4.57 Å². The highest BCUT2D eigenvalue weighted by Crippen LogP contribution is 2.36. The molecule has 0 spiro atoms. The molecule has 0 amide bonds. The van der Waals surface area contributed by atoms with E-state index in [9.17, 15) is 19.6 Å². The van der Waals surface area contributed by atoms with Crippen LogP contribution in [0.15, 0.2) is 11.1 Å². The summed E-state index contributed by atoms with van der Waals surface area (Å²) in [4.78, 5) is 31.1. The van der Waals surface area contributed by atoms with Crippen molar-refractivity contribution >= 4 is 25.2 Å². The lowest BCUT2D eigenvalue weighted by Gasteiger charge is -2.15. The molecular formula is C10H13N5O7P+. The first-order valence-electron chi connectivity index (χ1n) is 6.42. The number of hydrogen-bond donors (Lipinski definition) is 5. The maximum Gasteiger partial charge on any atom is 0.695 e. The first-order chi connectivity index (χ1) is 10.9. The lowest BCUT2D eigenvalue weighted by Crippen LogP contribution is -2.36. The minimum absolute atomic E-state index is 0.0308. The number of fused-ring (bicyclic) bond motifs is 1. The number of nitrogens with two attached hydrogens (primary N) is 1. The molecule has 0 aromatic carbocycles. The molecule has 0 bridgehead atoms. The van der Waals surface area contributed by atoms with Crippen LogP contribution in [0.5, 0.6) is 0 Å². The van der Waals surface area contributed by atoms with E-state index < -0.39 is 45.1 Å². The quantitative estimate of drug-likeness (QED) is 0.387. The molecule has 12 nitrogen and oxygen atoms in total. The Morgan fingerprint density at radius 2 is 2.26 bits per heavy atom. The Labute approximate surface area is 128 Å². The van der Waals surface area contributed by atoms with E-state index in [2.05, 4.69) is 19.5 Å². The van der Waals surface area contributed by atoms with Gasteiger partial charge in [0.1, 0.15) is 24.1 Å². The normalized spacial score (nSPS) is 28.4. The van der Waals surface area contributed by atoms with Gasteiger partial charge in [-0.05, 0) is 0 Å². The minimum atomic E-state index is -3.04. The lowest BCUT2D eigenvalue weighted by atomic mass is 10.1. The number of nitrogen functional groups attached to an aromatic ring is 1. The SMILES string of the molecule is Nc1ncnc2c1[nH]c(=O)n2[C@@H]1O[C@H](CO)[C@H](O[P+](=O)O)C1O. The number of rotatable bonds is 4. The molecule has 3 rings (SSSR count). The third kappa shape index (κ3) is 2.61. The van der Waals surface area contributed by atoms with Gasteiger partial charge in [-0.3, -0.25) is 0 Å². The molecular weight excluding hydrogens is 333 g/mol. The summed E-state index contributed by atoms with van der Waals surface area (Å²) in [6.07, 6.45) is -4.05. The molecule has 3 heterocycles. The van der Waals surface area contributed by atoms with Crippen molar-refractivity contribution in [2.24, 2.45) is 0 Å². The van der Waals surface area contributed by atoms with Crippen molar-refractivity contribution in [2.45, 2.75) is 24.5 Å². The predicted octanol–water partition coefficient (Wildman–Crippen LogP) is -2.01. The van der Waals surface area contributed by atoms with Gasteiger partial charge in [-0.15, -0.1) is 9.42 Å². The van der Waals surface area contributed by atoms with Crippen LogP contribution in [-0.4, -0.2) is 59.5 Å². The Morgan fingerprint density at radius 1 is 1.52 bits per heavy atom. The molecule has 1 saturated heterocycles. The van der Waals surface area contributed by atoms with E-state index in [1.165, 1.54) is 0 Å². The highest BCUT2D eigenvalue weighted by molar-refractivity contribution is 7.32. The number of aromatic amines is 1. The number of imidazole rings is 1. The third-order valence-electron chi connectivity index (χ3n) is 3.49. The Hall–Kier alpha value is -1.95. The van der Waals surface area contributed by atoms with Crippen LogP contribution in [0.2, 0.25) is 0 Å². The van der Waals surface area contributed by atoms with Gasteiger partial charge in [-0.1, -0.05) is 0 Å². The van der Waals surface area contributed by atoms with E-state index in [1.807, 2.05) is 0 Å². The van der Waals surface area contributed by atoms with Gasteiger partial charge in [0.25, 0.3) is 0 Å². The molecule has 2 aromatic heterocycles. The fourth-order valence-electron chi connectivity index (χ4n) is 2.51. The summed E-state index contributed by atoms with van der Waals surface area (Å²) in [5.41, 5.74) is 5.20. The van der Waals surface area contributed by atoms with Gasteiger partial charge in [0.15, 0.2) is 23.8 Å². The fourth-order valence-corrected chi connectivity index (χ4v) is 2.97. The average Bonchev–Trinajstić information content (AvgIpc) is 2.98. The number of hydrogen-bond acceptors (Lipinski definition) is 9. The van der Waals surface area contributed by atoms with E-state index in [0.29, 0.717) is 0 Å². The zero-order valence-corrected chi connectivity index (χ0v) is 12.3. The average molecular weight is 346 g/mol. The van der Waals surface area contributed by atoms with Crippen LogP contribution >= 0.6 is 8.25 Å². The molecule has 0 saturated carbocycles. The number of aromatic nitrogens is 4.